The van der Waals surface area contributed by atoms with E-state index >= 15 is 0 Å². The molecule has 0 saturated carbocycles. The molecule has 2 aromatic carbocycles. The summed E-state index contributed by atoms with van der Waals surface area (Å²) in [4.78, 5) is 26.4. The van der Waals surface area contributed by atoms with Crippen LogP contribution in [-0.4, -0.2) is 18.4 Å². The van der Waals surface area contributed by atoms with E-state index in [9.17, 15) is 9.59 Å². The lowest BCUT2D eigenvalue weighted by Gasteiger charge is -2.20. The fourth-order valence-corrected chi connectivity index (χ4v) is 3.47. The normalized spacial score (nSPS) is 15.7. The highest BCUT2D eigenvalue weighted by Crippen LogP contribution is 2.39. The van der Waals surface area contributed by atoms with Gasteiger partial charge in [-0.25, -0.2) is 0 Å². The number of hydrogen-bond acceptors (Lipinski definition) is 3. The molecule has 5 nitrogen and oxygen atoms in total. The minimum absolute atomic E-state index is 0.100. The molecule has 0 saturated heterocycles. The van der Waals surface area contributed by atoms with Crippen LogP contribution in [0, 0.1) is 12.8 Å². The van der Waals surface area contributed by atoms with E-state index in [1.54, 1.807) is 4.90 Å². The predicted molar refractivity (Wildman–Crippen MR) is 110 cm³/mol. The standard InChI is InChI=1S/C23H28N2O3/c1-15(2)12-13-28-19-10-8-18(9-11-19)14-25-22-16(3)6-5-7-20(22)21(23(25)27)24-17(4)26/h5-11,15,21H,12-14H2,1-4H3,(H,24,26). The van der Waals surface area contributed by atoms with E-state index in [-0.39, 0.29) is 11.8 Å². The van der Waals surface area contributed by atoms with Crippen LogP contribution in [0.4, 0.5) is 5.69 Å². The van der Waals surface area contributed by atoms with E-state index in [0.717, 1.165) is 34.5 Å². The molecule has 0 bridgehead atoms. The van der Waals surface area contributed by atoms with Crippen molar-refractivity contribution < 1.29 is 14.3 Å². The van der Waals surface area contributed by atoms with Gasteiger partial charge in [-0.3, -0.25) is 9.59 Å². The number of carbonyl (C=O) groups excluding carboxylic acids is 2. The molecule has 1 aliphatic heterocycles. The highest BCUT2D eigenvalue weighted by Gasteiger charge is 2.38. The summed E-state index contributed by atoms with van der Waals surface area (Å²) < 4.78 is 5.77. The van der Waals surface area contributed by atoms with E-state index in [0.29, 0.717) is 19.1 Å². The van der Waals surface area contributed by atoms with E-state index in [1.807, 2.05) is 49.4 Å². The van der Waals surface area contributed by atoms with Crippen molar-refractivity contribution in [3.8, 4) is 5.75 Å². The Morgan fingerprint density at radius 1 is 1.18 bits per heavy atom. The van der Waals surface area contributed by atoms with E-state index in [1.165, 1.54) is 6.92 Å². The number of anilines is 1. The highest BCUT2D eigenvalue weighted by molar-refractivity contribution is 6.06. The maximum absolute atomic E-state index is 13.0. The Morgan fingerprint density at radius 3 is 2.54 bits per heavy atom. The fourth-order valence-electron chi connectivity index (χ4n) is 3.47. The van der Waals surface area contributed by atoms with Gasteiger partial charge in [0.2, 0.25) is 5.91 Å². The summed E-state index contributed by atoms with van der Waals surface area (Å²) in [6.45, 7) is 8.93. The predicted octanol–water partition coefficient (Wildman–Crippen LogP) is 4.14. The van der Waals surface area contributed by atoms with Crippen LogP contribution in [0.15, 0.2) is 42.5 Å². The Labute approximate surface area is 166 Å². The van der Waals surface area contributed by atoms with Gasteiger partial charge < -0.3 is 15.0 Å². The summed E-state index contributed by atoms with van der Waals surface area (Å²) in [6, 6.07) is 13.1. The number of nitrogens with one attached hydrogen (secondary N) is 1. The maximum atomic E-state index is 13.0. The third-order valence-electron chi connectivity index (χ3n) is 4.94. The van der Waals surface area contributed by atoms with Crippen LogP contribution in [0.2, 0.25) is 0 Å². The van der Waals surface area contributed by atoms with Gasteiger partial charge in [0.15, 0.2) is 0 Å². The molecule has 1 atom stereocenters. The first-order valence-corrected chi connectivity index (χ1v) is 9.76. The number of amides is 2. The molecule has 148 valence electrons. The second-order valence-corrected chi connectivity index (χ2v) is 7.75. The minimum Gasteiger partial charge on any atom is -0.494 e. The fraction of sp³-hybridized carbons (Fsp3) is 0.391. The van der Waals surface area contributed by atoms with Crippen molar-refractivity contribution in [2.45, 2.75) is 46.7 Å². The van der Waals surface area contributed by atoms with Gasteiger partial charge in [-0.2, -0.15) is 0 Å². The molecular formula is C23H28N2O3. The first-order valence-electron chi connectivity index (χ1n) is 9.76. The number of para-hydroxylation sites is 1. The van der Waals surface area contributed by atoms with Gasteiger partial charge in [-0.15, -0.1) is 0 Å². The average Bonchev–Trinajstić information content (AvgIpc) is 2.89. The van der Waals surface area contributed by atoms with Crippen molar-refractivity contribution in [1.29, 1.82) is 0 Å². The molecule has 5 heteroatoms. The van der Waals surface area contributed by atoms with Crippen molar-refractivity contribution in [2.24, 2.45) is 5.92 Å². The third kappa shape index (κ3) is 4.35. The second kappa shape index (κ2) is 8.46. The molecule has 3 rings (SSSR count). The van der Waals surface area contributed by atoms with Crippen molar-refractivity contribution >= 4 is 17.5 Å². The number of rotatable bonds is 7. The zero-order valence-electron chi connectivity index (χ0n) is 17.0. The van der Waals surface area contributed by atoms with E-state index in [2.05, 4.69) is 19.2 Å². The van der Waals surface area contributed by atoms with Crippen molar-refractivity contribution in [2.75, 3.05) is 11.5 Å². The first-order chi connectivity index (χ1) is 13.4. The summed E-state index contributed by atoms with van der Waals surface area (Å²) in [7, 11) is 0. The Morgan fingerprint density at radius 2 is 1.89 bits per heavy atom. The Bertz CT molecular complexity index is 859. The number of hydrogen-bond donors (Lipinski definition) is 1. The minimum atomic E-state index is -0.619. The summed E-state index contributed by atoms with van der Waals surface area (Å²) >= 11 is 0. The zero-order chi connectivity index (χ0) is 20.3. The lowest BCUT2D eigenvalue weighted by Crippen LogP contribution is -2.36. The van der Waals surface area contributed by atoms with Gasteiger partial charge in [0.1, 0.15) is 11.8 Å². The van der Waals surface area contributed by atoms with Crippen LogP contribution in [0.1, 0.15) is 49.9 Å². The molecule has 1 aliphatic rings. The van der Waals surface area contributed by atoms with Crippen LogP contribution in [0.5, 0.6) is 5.75 Å². The zero-order valence-corrected chi connectivity index (χ0v) is 17.0. The number of benzene rings is 2. The molecule has 0 fully saturated rings. The molecule has 0 aromatic heterocycles. The molecule has 1 heterocycles. The first kappa shape index (κ1) is 19.9. The van der Waals surface area contributed by atoms with Crippen LogP contribution in [0.3, 0.4) is 0 Å². The van der Waals surface area contributed by atoms with Gasteiger partial charge in [0, 0.05) is 12.5 Å². The average molecular weight is 380 g/mol. The van der Waals surface area contributed by atoms with Crippen molar-refractivity contribution in [1.82, 2.24) is 5.32 Å². The van der Waals surface area contributed by atoms with Crippen molar-refractivity contribution in [3.63, 3.8) is 0 Å². The quantitative estimate of drug-likeness (QED) is 0.785. The topological polar surface area (TPSA) is 58.6 Å². The van der Waals surface area contributed by atoms with E-state index < -0.39 is 6.04 Å². The molecule has 0 spiro atoms. The molecule has 1 N–H and O–H groups in total. The van der Waals surface area contributed by atoms with Crippen LogP contribution in [0.25, 0.3) is 0 Å². The number of nitrogens with zero attached hydrogens (tertiary/aromatic N) is 1. The number of aryl methyl sites for hydroxylation is 1. The number of carbonyl (C=O) groups is 2. The largest absolute Gasteiger partial charge is 0.494 e. The molecule has 1 unspecified atom stereocenters. The summed E-state index contributed by atoms with van der Waals surface area (Å²) in [5.41, 5.74) is 3.78. The van der Waals surface area contributed by atoms with Crippen LogP contribution >= 0.6 is 0 Å². The molecule has 2 aromatic rings. The lowest BCUT2D eigenvalue weighted by molar-refractivity contribution is -0.126. The number of ether oxygens (including phenoxy) is 1. The lowest BCUT2D eigenvalue weighted by atomic mass is 10.1. The SMILES string of the molecule is CC(=O)NC1C(=O)N(Cc2ccc(OCCC(C)C)cc2)c2c(C)cccc21. The molecular weight excluding hydrogens is 352 g/mol. The molecule has 0 aliphatic carbocycles. The Hall–Kier alpha value is -2.82. The summed E-state index contributed by atoms with van der Waals surface area (Å²) in [5.74, 6) is 1.14. The second-order valence-electron chi connectivity index (χ2n) is 7.75. The smallest absolute Gasteiger partial charge is 0.254 e. The number of fused-ring (bicyclic) bond motifs is 1. The molecule has 2 amide bonds. The Kier molecular flexibility index (Phi) is 6.02. The molecule has 28 heavy (non-hydrogen) atoms. The van der Waals surface area contributed by atoms with Gasteiger partial charge in [0.25, 0.3) is 5.91 Å². The van der Waals surface area contributed by atoms with Gasteiger partial charge >= 0.3 is 0 Å². The van der Waals surface area contributed by atoms with E-state index in [4.69, 9.17) is 4.74 Å². The van der Waals surface area contributed by atoms with Gasteiger partial charge in [-0.05, 0) is 42.5 Å². The van der Waals surface area contributed by atoms with Crippen LogP contribution in [-0.2, 0) is 16.1 Å². The highest BCUT2D eigenvalue weighted by atomic mass is 16.5. The van der Waals surface area contributed by atoms with Crippen LogP contribution < -0.4 is 15.0 Å². The summed E-state index contributed by atoms with van der Waals surface area (Å²) in [6.07, 6.45) is 1.02. The third-order valence-corrected chi connectivity index (χ3v) is 4.94. The Balaban J connectivity index is 1.77. The van der Waals surface area contributed by atoms with Crippen molar-refractivity contribution in [3.05, 3.63) is 59.2 Å². The van der Waals surface area contributed by atoms with Gasteiger partial charge in [0.05, 0.1) is 18.8 Å². The monoisotopic (exact) mass is 380 g/mol. The summed E-state index contributed by atoms with van der Waals surface area (Å²) in [5, 5.41) is 2.78. The maximum Gasteiger partial charge on any atom is 0.254 e. The molecule has 0 radical (unpaired) electrons. The van der Waals surface area contributed by atoms with Gasteiger partial charge in [-0.1, -0.05) is 44.2 Å².